The molecule has 1 aliphatic heterocycles. The highest BCUT2D eigenvalue weighted by molar-refractivity contribution is 6.38. The number of carboxylic acids is 1. The van der Waals surface area contributed by atoms with Crippen LogP contribution >= 0.6 is 11.6 Å². The van der Waals surface area contributed by atoms with Crippen LogP contribution in [-0.2, 0) is 16.0 Å². The van der Waals surface area contributed by atoms with E-state index in [-0.39, 0.29) is 11.9 Å². The largest absolute Gasteiger partial charge is 0.481 e. The topological polar surface area (TPSA) is 115 Å². The number of rotatable bonds is 8. The summed E-state index contributed by atoms with van der Waals surface area (Å²) < 4.78 is 0. The predicted molar refractivity (Wildman–Crippen MR) is 111 cm³/mol. The summed E-state index contributed by atoms with van der Waals surface area (Å²) in [6.45, 7) is 1.62. The quantitative estimate of drug-likeness (QED) is 0.451. The third-order valence-corrected chi connectivity index (χ3v) is 4.84. The third kappa shape index (κ3) is 5.69. The molecule has 9 heteroatoms. The number of amidine groups is 1. The van der Waals surface area contributed by atoms with E-state index in [1.54, 1.807) is 6.92 Å². The third-order valence-electron chi connectivity index (χ3n) is 4.61. The maximum absolute atomic E-state index is 12.3. The van der Waals surface area contributed by atoms with Gasteiger partial charge >= 0.3 is 5.97 Å². The molecule has 2 atom stereocenters. The van der Waals surface area contributed by atoms with Crippen molar-refractivity contribution < 1.29 is 14.7 Å². The Kier molecular flexibility index (Phi) is 6.69. The van der Waals surface area contributed by atoms with Crippen LogP contribution in [0, 0.1) is 5.92 Å². The number of carbonyl (C=O) groups is 2. The van der Waals surface area contributed by atoms with Gasteiger partial charge in [-0.2, -0.15) is 0 Å². The number of nitrogens with one attached hydrogen (secondary N) is 4. The van der Waals surface area contributed by atoms with Gasteiger partial charge in [0.1, 0.15) is 0 Å². The summed E-state index contributed by atoms with van der Waals surface area (Å²) in [6, 6.07) is 15.1. The zero-order chi connectivity index (χ0) is 20.8. The summed E-state index contributed by atoms with van der Waals surface area (Å²) in [5.41, 5.74) is 10.5. The second-order valence-corrected chi connectivity index (χ2v) is 7.32. The first-order valence-corrected chi connectivity index (χ1v) is 9.52. The van der Waals surface area contributed by atoms with Crippen molar-refractivity contribution in [2.24, 2.45) is 11.0 Å². The lowest BCUT2D eigenvalue weighted by molar-refractivity contribution is -0.141. The Bertz CT molecular complexity index is 917. The Morgan fingerprint density at radius 1 is 1.17 bits per heavy atom. The second kappa shape index (κ2) is 9.40. The summed E-state index contributed by atoms with van der Waals surface area (Å²) in [5.74, 6) is -1.82. The number of hydrogen-bond acceptors (Lipinski definition) is 6. The first-order valence-electron chi connectivity index (χ1n) is 9.14. The lowest BCUT2D eigenvalue weighted by Crippen LogP contribution is -2.47. The van der Waals surface area contributed by atoms with Crippen LogP contribution in [0.2, 0.25) is 5.02 Å². The number of carbonyl (C=O) groups excluding carboxylic acids is 1. The number of halogens is 1. The second-order valence-electron chi connectivity index (χ2n) is 6.88. The molecule has 1 heterocycles. The van der Waals surface area contributed by atoms with Gasteiger partial charge in [0.2, 0.25) is 5.84 Å². The highest BCUT2D eigenvalue weighted by Gasteiger charge is 2.23. The Morgan fingerprint density at radius 3 is 2.55 bits per heavy atom. The zero-order valence-electron chi connectivity index (χ0n) is 15.8. The van der Waals surface area contributed by atoms with Crippen LogP contribution in [0.3, 0.4) is 0 Å². The monoisotopic (exact) mass is 415 g/mol. The summed E-state index contributed by atoms with van der Waals surface area (Å²) >= 11 is 6.06. The summed E-state index contributed by atoms with van der Waals surface area (Å²) in [7, 11) is 0. The number of nitrogens with zero attached hydrogens (tertiary/aromatic N) is 1. The molecule has 1 aliphatic rings. The average Bonchev–Trinajstić information content (AvgIpc) is 3.23. The number of amides is 1. The molecule has 0 bridgehead atoms. The van der Waals surface area contributed by atoms with Gasteiger partial charge in [-0.1, -0.05) is 54.9 Å². The molecule has 0 radical (unpaired) electrons. The molecule has 0 saturated carbocycles. The minimum Gasteiger partial charge on any atom is -0.481 e. The van der Waals surface area contributed by atoms with Gasteiger partial charge in [0.25, 0.3) is 5.91 Å². The van der Waals surface area contributed by atoms with Gasteiger partial charge in [-0.3, -0.25) is 15.0 Å². The molecule has 2 aromatic rings. The van der Waals surface area contributed by atoms with Crippen LogP contribution < -0.4 is 21.8 Å². The van der Waals surface area contributed by atoms with Crippen LogP contribution in [-0.4, -0.2) is 28.9 Å². The van der Waals surface area contributed by atoms with Crippen molar-refractivity contribution in [2.45, 2.75) is 25.8 Å². The molecule has 0 aliphatic carbocycles. The van der Waals surface area contributed by atoms with Crippen molar-refractivity contribution in [1.29, 1.82) is 0 Å². The van der Waals surface area contributed by atoms with Crippen molar-refractivity contribution in [3.05, 3.63) is 59.1 Å². The SMILES string of the molecule is C[C@@H](CC(Cc1ccc(-c2cccc(Cl)c2)cc1)NC(=O)C1=NNNN1)C(=O)O. The molecule has 0 fully saturated rings. The molecule has 152 valence electrons. The molecular formula is C20H22ClN5O3. The molecule has 1 amide bonds. The van der Waals surface area contributed by atoms with E-state index in [9.17, 15) is 14.7 Å². The maximum Gasteiger partial charge on any atom is 0.306 e. The van der Waals surface area contributed by atoms with Crippen LogP contribution in [0.25, 0.3) is 11.1 Å². The van der Waals surface area contributed by atoms with Crippen LogP contribution in [0.1, 0.15) is 18.9 Å². The summed E-state index contributed by atoms with van der Waals surface area (Å²) in [6.07, 6.45) is 0.790. The molecule has 0 saturated heterocycles. The normalized spacial score (nSPS) is 14.9. The predicted octanol–water partition coefficient (Wildman–Crippen LogP) is 2.07. The number of benzene rings is 2. The minimum atomic E-state index is -0.903. The standard InChI is InChI=1S/C20H22ClN5O3/c1-12(20(28)29)9-17(22-19(27)18-23-25-26-24-18)10-13-5-7-14(8-6-13)15-3-2-4-16(21)11-15/h2-8,11-12,17,25-26H,9-10H2,1H3,(H,22,27)(H,23,24)(H,28,29)/t12-,17?/m0/s1. The number of carboxylic acid groups (broad SMARTS) is 1. The van der Waals surface area contributed by atoms with Crippen LogP contribution in [0.15, 0.2) is 53.6 Å². The maximum atomic E-state index is 12.3. The first-order chi connectivity index (χ1) is 13.9. The zero-order valence-corrected chi connectivity index (χ0v) is 16.5. The Morgan fingerprint density at radius 2 is 1.93 bits per heavy atom. The molecule has 2 aromatic carbocycles. The van der Waals surface area contributed by atoms with Gasteiger partial charge in [0.15, 0.2) is 0 Å². The van der Waals surface area contributed by atoms with Crippen molar-refractivity contribution in [1.82, 2.24) is 21.8 Å². The van der Waals surface area contributed by atoms with Gasteiger partial charge in [-0.15, -0.1) is 10.6 Å². The fraction of sp³-hybridized carbons (Fsp3) is 0.250. The molecule has 0 spiro atoms. The Balaban J connectivity index is 1.72. The molecule has 3 rings (SSSR count). The van der Waals surface area contributed by atoms with Crippen molar-refractivity contribution in [3.8, 4) is 11.1 Å². The fourth-order valence-corrected chi connectivity index (χ4v) is 3.26. The van der Waals surface area contributed by atoms with E-state index in [1.165, 1.54) is 0 Å². The Labute approximate surface area is 173 Å². The van der Waals surface area contributed by atoms with E-state index >= 15 is 0 Å². The molecule has 5 N–H and O–H groups in total. The van der Waals surface area contributed by atoms with Crippen molar-refractivity contribution in [2.75, 3.05) is 0 Å². The fourth-order valence-electron chi connectivity index (χ4n) is 3.07. The van der Waals surface area contributed by atoms with E-state index in [1.807, 2.05) is 48.5 Å². The number of hydrazone groups is 1. The average molecular weight is 416 g/mol. The van der Waals surface area contributed by atoms with Gasteiger partial charge in [0, 0.05) is 11.1 Å². The van der Waals surface area contributed by atoms with E-state index in [0.29, 0.717) is 17.9 Å². The van der Waals surface area contributed by atoms with Gasteiger partial charge in [-0.25, -0.2) is 5.53 Å². The number of aliphatic carboxylic acids is 1. The Hall–Kier alpha value is -3.10. The molecular weight excluding hydrogens is 394 g/mol. The van der Waals surface area contributed by atoms with E-state index in [0.717, 1.165) is 16.7 Å². The van der Waals surface area contributed by atoms with Crippen LogP contribution in [0.5, 0.6) is 0 Å². The number of hydrogen-bond donors (Lipinski definition) is 5. The molecule has 8 nitrogen and oxygen atoms in total. The molecule has 0 aromatic heterocycles. The number of hydrazine groups is 2. The van der Waals surface area contributed by atoms with Gasteiger partial charge in [-0.05, 0) is 41.7 Å². The summed E-state index contributed by atoms with van der Waals surface area (Å²) in [5, 5.41) is 16.5. The first kappa shape index (κ1) is 20.6. The lowest BCUT2D eigenvalue weighted by atomic mass is 9.95. The minimum absolute atomic E-state index is 0.0919. The van der Waals surface area contributed by atoms with Gasteiger partial charge < -0.3 is 10.4 Å². The molecule has 29 heavy (non-hydrogen) atoms. The van der Waals surface area contributed by atoms with E-state index < -0.39 is 17.8 Å². The van der Waals surface area contributed by atoms with E-state index in [4.69, 9.17) is 11.6 Å². The highest BCUT2D eigenvalue weighted by atomic mass is 35.5. The smallest absolute Gasteiger partial charge is 0.306 e. The van der Waals surface area contributed by atoms with Crippen LogP contribution in [0.4, 0.5) is 0 Å². The molecule has 1 unspecified atom stereocenters. The summed E-state index contributed by atoms with van der Waals surface area (Å²) in [4.78, 5) is 23.6. The van der Waals surface area contributed by atoms with E-state index in [2.05, 4.69) is 26.9 Å². The van der Waals surface area contributed by atoms with Crippen molar-refractivity contribution >= 4 is 29.3 Å². The lowest BCUT2D eigenvalue weighted by Gasteiger charge is -2.21. The van der Waals surface area contributed by atoms with Gasteiger partial charge in [0.05, 0.1) is 5.92 Å². The van der Waals surface area contributed by atoms with Crippen molar-refractivity contribution in [3.63, 3.8) is 0 Å². The highest BCUT2D eigenvalue weighted by Crippen LogP contribution is 2.23.